The number of rotatable bonds is 6. The topological polar surface area (TPSA) is 21.3 Å². The zero-order chi connectivity index (χ0) is 13.5. The van der Waals surface area contributed by atoms with E-state index in [2.05, 4.69) is 49.5 Å². The van der Waals surface area contributed by atoms with Crippen LogP contribution in [0.1, 0.15) is 24.2 Å². The molecule has 0 fully saturated rings. The molecule has 1 N–H and O–H groups in total. The third-order valence-electron chi connectivity index (χ3n) is 3.20. The molecule has 0 heterocycles. The first kappa shape index (κ1) is 13.6. The predicted molar refractivity (Wildman–Crippen MR) is 80.5 cm³/mol. The highest BCUT2D eigenvalue weighted by atomic mass is 16.5. The molecule has 19 heavy (non-hydrogen) atoms. The lowest BCUT2D eigenvalue weighted by molar-refractivity contribution is 0.0736. The highest BCUT2D eigenvalue weighted by Gasteiger charge is 2.04. The molecule has 0 saturated carbocycles. The van der Waals surface area contributed by atoms with Gasteiger partial charge in [-0.1, -0.05) is 48.5 Å². The number of hydrogen-bond acceptors (Lipinski definition) is 2. The standard InChI is InChI=1S/C17H21NO/c1-14-8-6-7-11-17(14)18-12-13-19-15(2)16-9-4-3-5-10-16/h3-11,15,18H,12-13H2,1-2H3. The van der Waals surface area contributed by atoms with Gasteiger partial charge in [0.25, 0.3) is 0 Å². The molecule has 0 saturated heterocycles. The van der Waals surface area contributed by atoms with Crippen LogP contribution < -0.4 is 5.32 Å². The van der Waals surface area contributed by atoms with Gasteiger partial charge in [-0.05, 0) is 31.0 Å². The van der Waals surface area contributed by atoms with E-state index in [0.717, 1.165) is 6.54 Å². The molecule has 0 aliphatic carbocycles. The van der Waals surface area contributed by atoms with Crippen LogP contribution >= 0.6 is 0 Å². The minimum atomic E-state index is 0.139. The Hall–Kier alpha value is -1.80. The second kappa shape index (κ2) is 6.95. The van der Waals surface area contributed by atoms with Gasteiger partial charge >= 0.3 is 0 Å². The molecule has 2 nitrogen and oxygen atoms in total. The van der Waals surface area contributed by atoms with Crippen molar-refractivity contribution in [2.75, 3.05) is 18.5 Å². The van der Waals surface area contributed by atoms with Gasteiger partial charge < -0.3 is 10.1 Å². The summed E-state index contributed by atoms with van der Waals surface area (Å²) in [6.07, 6.45) is 0.139. The molecule has 0 radical (unpaired) electrons. The number of anilines is 1. The number of ether oxygens (including phenoxy) is 1. The summed E-state index contributed by atoms with van der Waals surface area (Å²) in [6, 6.07) is 18.6. The van der Waals surface area contributed by atoms with Gasteiger partial charge in [0.05, 0.1) is 12.7 Å². The Kier molecular flexibility index (Phi) is 4.99. The van der Waals surface area contributed by atoms with Gasteiger partial charge in [-0.25, -0.2) is 0 Å². The lowest BCUT2D eigenvalue weighted by Crippen LogP contribution is -2.12. The molecule has 0 amide bonds. The van der Waals surface area contributed by atoms with Gasteiger partial charge in [0.15, 0.2) is 0 Å². The summed E-state index contributed by atoms with van der Waals surface area (Å²) in [5.41, 5.74) is 3.66. The molecule has 0 bridgehead atoms. The summed E-state index contributed by atoms with van der Waals surface area (Å²) in [5, 5.41) is 3.39. The van der Waals surface area contributed by atoms with Crippen molar-refractivity contribution < 1.29 is 4.74 Å². The van der Waals surface area contributed by atoms with Gasteiger partial charge in [-0.15, -0.1) is 0 Å². The SMILES string of the molecule is Cc1ccccc1NCCOC(C)c1ccccc1. The summed E-state index contributed by atoms with van der Waals surface area (Å²) in [5.74, 6) is 0. The lowest BCUT2D eigenvalue weighted by atomic mass is 10.1. The molecule has 100 valence electrons. The Morgan fingerprint density at radius 3 is 2.42 bits per heavy atom. The van der Waals surface area contributed by atoms with E-state index in [4.69, 9.17) is 4.74 Å². The first-order valence-electron chi connectivity index (χ1n) is 6.73. The monoisotopic (exact) mass is 255 g/mol. The van der Waals surface area contributed by atoms with E-state index in [1.54, 1.807) is 0 Å². The van der Waals surface area contributed by atoms with Crippen LogP contribution in [0.4, 0.5) is 5.69 Å². The van der Waals surface area contributed by atoms with Gasteiger partial charge in [-0.2, -0.15) is 0 Å². The molecule has 0 aliphatic heterocycles. The van der Waals surface area contributed by atoms with Crippen molar-refractivity contribution in [1.29, 1.82) is 0 Å². The van der Waals surface area contributed by atoms with Crippen LogP contribution in [0.25, 0.3) is 0 Å². The van der Waals surface area contributed by atoms with Crippen molar-refractivity contribution in [3.8, 4) is 0 Å². The van der Waals surface area contributed by atoms with E-state index >= 15 is 0 Å². The lowest BCUT2D eigenvalue weighted by Gasteiger charge is -2.14. The van der Waals surface area contributed by atoms with Crippen molar-refractivity contribution >= 4 is 5.69 Å². The number of benzene rings is 2. The number of aryl methyl sites for hydroxylation is 1. The van der Waals surface area contributed by atoms with Gasteiger partial charge in [0.1, 0.15) is 0 Å². The van der Waals surface area contributed by atoms with Crippen LogP contribution in [-0.4, -0.2) is 13.2 Å². The van der Waals surface area contributed by atoms with E-state index in [0.29, 0.717) is 6.61 Å². The van der Waals surface area contributed by atoms with Crippen LogP contribution in [0.15, 0.2) is 54.6 Å². The second-order valence-electron chi connectivity index (χ2n) is 4.67. The Morgan fingerprint density at radius 1 is 1.00 bits per heavy atom. The fraction of sp³-hybridized carbons (Fsp3) is 0.294. The van der Waals surface area contributed by atoms with E-state index in [-0.39, 0.29) is 6.10 Å². The average Bonchev–Trinajstić information content (AvgIpc) is 2.46. The molecule has 2 aromatic rings. The summed E-state index contributed by atoms with van der Waals surface area (Å²) in [7, 11) is 0. The molecule has 0 spiro atoms. The summed E-state index contributed by atoms with van der Waals surface area (Å²) >= 11 is 0. The van der Waals surface area contributed by atoms with E-state index in [9.17, 15) is 0 Å². The highest BCUT2D eigenvalue weighted by molar-refractivity contribution is 5.50. The molecule has 2 rings (SSSR count). The largest absolute Gasteiger partial charge is 0.383 e. The second-order valence-corrected chi connectivity index (χ2v) is 4.67. The fourth-order valence-corrected chi connectivity index (χ4v) is 2.01. The summed E-state index contributed by atoms with van der Waals surface area (Å²) in [4.78, 5) is 0. The minimum absolute atomic E-state index is 0.139. The van der Waals surface area contributed by atoms with Gasteiger partial charge in [0.2, 0.25) is 0 Å². The molecule has 0 aromatic heterocycles. The first-order chi connectivity index (χ1) is 9.27. The van der Waals surface area contributed by atoms with E-state index in [1.165, 1.54) is 16.8 Å². The third-order valence-corrected chi connectivity index (χ3v) is 3.20. The predicted octanol–water partition coefficient (Wildman–Crippen LogP) is 4.18. The smallest absolute Gasteiger partial charge is 0.0797 e. The number of para-hydroxylation sites is 1. The van der Waals surface area contributed by atoms with Crippen LogP contribution in [-0.2, 0) is 4.74 Å². The Morgan fingerprint density at radius 2 is 1.68 bits per heavy atom. The molecule has 1 atom stereocenters. The molecule has 2 aromatic carbocycles. The van der Waals surface area contributed by atoms with Crippen LogP contribution in [0.5, 0.6) is 0 Å². The number of hydrogen-bond donors (Lipinski definition) is 1. The first-order valence-corrected chi connectivity index (χ1v) is 6.73. The maximum atomic E-state index is 5.83. The van der Waals surface area contributed by atoms with E-state index in [1.807, 2.05) is 24.3 Å². The highest BCUT2D eigenvalue weighted by Crippen LogP contribution is 2.16. The van der Waals surface area contributed by atoms with Crippen LogP contribution in [0.3, 0.4) is 0 Å². The van der Waals surface area contributed by atoms with Gasteiger partial charge in [0, 0.05) is 12.2 Å². The molecule has 1 unspecified atom stereocenters. The molecule has 2 heteroatoms. The van der Waals surface area contributed by atoms with Crippen molar-refractivity contribution in [3.63, 3.8) is 0 Å². The molecule has 0 aliphatic rings. The van der Waals surface area contributed by atoms with Crippen LogP contribution in [0.2, 0.25) is 0 Å². The zero-order valence-corrected chi connectivity index (χ0v) is 11.6. The Balaban J connectivity index is 1.74. The van der Waals surface area contributed by atoms with E-state index < -0.39 is 0 Å². The molecular formula is C17H21NO. The van der Waals surface area contributed by atoms with Crippen molar-refractivity contribution in [2.24, 2.45) is 0 Å². The maximum absolute atomic E-state index is 5.83. The zero-order valence-electron chi connectivity index (χ0n) is 11.6. The van der Waals surface area contributed by atoms with Crippen molar-refractivity contribution in [2.45, 2.75) is 20.0 Å². The minimum Gasteiger partial charge on any atom is -0.383 e. The van der Waals surface area contributed by atoms with Crippen LogP contribution in [0, 0.1) is 6.92 Å². The maximum Gasteiger partial charge on any atom is 0.0797 e. The quantitative estimate of drug-likeness (QED) is 0.782. The number of nitrogens with one attached hydrogen (secondary N) is 1. The summed E-state index contributed by atoms with van der Waals surface area (Å²) < 4.78 is 5.83. The Bertz CT molecular complexity index is 496. The van der Waals surface area contributed by atoms with Crippen molar-refractivity contribution in [1.82, 2.24) is 0 Å². The summed E-state index contributed by atoms with van der Waals surface area (Å²) in [6.45, 7) is 5.71. The van der Waals surface area contributed by atoms with Gasteiger partial charge in [-0.3, -0.25) is 0 Å². The van der Waals surface area contributed by atoms with Crippen molar-refractivity contribution in [3.05, 3.63) is 65.7 Å². The third kappa shape index (κ3) is 4.11. The normalized spacial score (nSPS) is 12.1. The Labute approximate surface area is 115 Å². The molecular weight excluding hydrogens is 234 g/mol. The fourth-order valence-electron chi connectivity index (χ4n) is 2.01. The average molecular weight is 255 g/mol.